The van der Waals surface area contributed by atoms with Crippen molar-refractivity contribution in [2.75, 3.05) is 0 Å². The van der Waals surface area contributed by atoms with E-state index in [1.54, 1.807) is 24.4 Å². The maximum atomic E-state index is 13.6. The number of aryl methyl sites for hydroxylation is 1. The highest BCUT2D eigenvalue weighted by Gasteiger charge is 2.15. The minimum atomic E-state index is -0.269. The van der Waals surface area contributed by atoms with Gasteiger partial charge in [-0.25, -0.2) is 4.39 Å². The van der Waals surface area contributed by atoms with E-state index in [-0.39, 0.29) is 5.82 Å². The monoisotopic (exact) mass is 334 g/mol. The Labute approximate surface area is 146 Å². The molecule has 4 rings (SSSR count). The Morgan fingerprint density at radius 2 is 1.80 bits per heavy atom. The lowest BCUT2D eigenvalue weighted by Crippen LogP contribution is -2.02. The molecule has 4 nitrogen and oxygen atoms in total. The zero-order chi connectivity index (χ0) is 17.1. The van der Waals surface area contributed by atoms with E-state index in [1.807, 2.05) is 24.3 Å². The van der Waals surface area contributed by atoms with E-state index in [9.17, 15) is 4.39 Å². The van der Waals surface area contributed by atoms with Gasteiger partial charge in [-0.15, -0.1) is 10.2 Å². The average Bonchev–Trinajstić information content (AvgIpc) is 2.90. The molecule has 0 saturated carbocycles. The summed E-state index contributed by atoms with van der Waals surface area (Å²) >= 11 is 0. The van der Waals surface area contributed by atoms with Crippen molar-refractivity contribution in [2.45, 2.75) is 32.2 Å². The maximum Gasteiger partial charge on any atom is 0.163 e. The van der Waals surface area contributed by atoms with Gasteiger partial charge in [-0.05, 0) is 43.2 Å². The Bertz CT molecular complexity index is 896. The van der Waals surface area contributed by atoms with Crippen LogP contribution < -0.4 is 0 Å². The molecular weight excluding hydrogens is 315 g/mol. The minimum absolute atomic E-state index is 0.269. The van der Waals surface area contributed by atoms with E-state index in [1.165, 1.54) is 25.3 Å². The van der Waals surface area contributed by atoms with Crippen LogP contribution in [0.5, 0.6) is 0 Å². The second-order valence-corrected chi connectivity index (χ2v) is 6.23. The number of hydrogen-bond donors (Lipinski definition) is 0. The van der Waals surface area contributed by atoms with Crippen molar-refractivity contribution < 1.29 is 4.39 Å². The number of benzene rings is 2. The molecule has 1 aliphatic heterocycles. The van der Waals surface area contributed by atoms with Crippen LogP contribution in [0.25, 0.3) is 11.4 Å². The van der Waals surface area contributed by atoms with E-state index in [0.717, 1.165) is 35.9 Å². The summed E-state index contributed by atoms with van der Waals surface area (Å²) in [5.41, 5.74) is 2.29. The van der Waals surface area contributed by atoms with Gasteiger partial charge in [0.15, 0.2) is 5.82 Å². The van der Waals surface area contributed by atoms with Crippen LogP contribution in [0, 0.1) is 5.82 Å². The van der Waals surface area contributed by atoms with E-state index < -0.39 is 0 Å². The molecule has 1 aliphatic rings. The predicted molar refractivity (Wildman–Crippen MR) is 96.7 cm³/mol. The van der Waals surface area contributed by atoms with Gasteiger partial charge in [0.05, 0.1) is 5.69 Å². The third kappa shape index (κ3) is 3.36. The van der Waals surface area contributed by atoms with Crippen LogP contribution in [0.2, 0.25) is 0 Å². The zero-order valence-electron chi connectivity index (χ0n) is 13.9. The van der Waals surface area contributed by atoms with Crippen LogP contribution in [0.1, 0.15) is 30.7 Å². The first-order valence-corrected chi connectivity index (χ1v) is 8.62. The van der Waals surface area contributed by atoms with Gasteiger partial charge < -0.3 is 4.57 Å². The van der Waals surface area contributed by atoms with Gasteiger partial charge in [0.1, 0.15) is 11.6 Å². The number of aromatic nitrogens is 3. The fourth-order valence-electron chi connectivity index (χ4n) is 3.12. The maximum absolute atomic E-state index is 13.6. The molecule has 0 saturated heterocycles. The Kier molecular flexibility index (Phi) is 4.37. The number of halogens is 1. The summed E-state index contributed by atoms with van der Waals surface area (Å²) in [6.45, 7) is 0.977. The molecule has 2 aromatic carbocycles. The lowest BCUT2D eigenvalue weighted by atomic mass is 10.2. The normalized spacial score (nSPS) is 14.4. The number of rotatable bonds is 3. The van der Waals surface area contributed by atoms with Crippen molar-refractivity contribution in [3.63, 3.8) is 0 Å². The molecule has 0 amide bonds. The summed E-state index contributed by atoms with van der Waals surface area (Å²) < 4.78 is 15.9. The highest BCUT2D eigenvalue weighted by Crippen LogP contribution is 2.24. The van der Waals surface area contributed by atoms with Crippen molar-refractivity contribution in [3.8, 4) is 11.4 Å². The molecule has 0 aliphatic carbocycles. The van der Waals surface area contributed by atoms with Crippen molar-refractivity contribution in [2.24, 2.45) is 4.99 Å². The predicted octanol–water partition coefficient (Wildman–Crippen LogP) is 4.56. The second-order valence-electron chi connectivity index (χ2n) is 6.23. The quantitative estimate of drug-likeness (QED) is 0.659. The third-order valence-corrected chi connectivity index (χ3v) is 4.49. The summed E-state index contributed by atoms with van der Waals surface area (Å²) in [5.74, 6) is 1.73. The molecule has 0 spiro atoms. The van der Waals surface area contributed by atoms with Crippen molar-refractivity contribution >= 4 is 11.9 Å². The second kappa shape index (κ2) is 6.97. The molecule has 5 heteroatoms. The Morgan fingerprint density at radius 1 is 0.960 bits per heavy atom. The Hall–Kier alpha value is -2.82. The van der Waals surface area contributed by atoms with Gasteiger partial charge >= 0.3 is 0 Å². The fraction of sp³-hybridized carbons (Fsp3) is 0.250. The van der Waals surface area contributed by atoms with Crippen LogP contribution in [0.15, 0.2) is 53.5 Å². The molecular formula is C20H19FN4. The summed E-state index contributed by atoms with van der Waals surface area (Å²) in [4.78, 5) is 4.35. The first-order chi connectivity index (χ1) is 12.3. The van der Waals surface area contributed by atoms with Gasteiger partial charge in [-0.3, -0.25) is 4.99 Å². The average molecular weight is 334 g/mol. The fourth-order valence-corrected chi connectivity index (χ4v) is 3.12. The lowest BCUT2D eigenvalue weighted by Gasteiger charge is -2.07. The molecule has 0 bridgehead atoms. The van der Waals surface area contributed by atoms with E-state index in [4.69, 9.17) is 0 Å². The van der Waals surface area contributed by atoms with Crippen LogP contribution in [0.4, 0.5) is 10.1 Å². The molecule has 0 fully saturated rings. The zero-order valence-corrected chi connectivity index (χ0v) is 13.9. The van der Waals surface area contributed by atoms with Crippen LogP contribution in [-0.4, -0.2) is 21.0 Å². The molecule has 126 valence electrons. The Balaban J connectivity index is 1.57. The van der Waals surface area contributed by atoms with E-state index in [0.29, 0.717) is 5.56 Å². The van der Waals surface area contributed by atoms with Crippen LogP contribution in [0.3, 0.4) is 0 Å². The molecule has 3 aromatic rings. The Morgan fingerprint density at radius 3 is 2.64 bits per heavy atom. The van der Waals surface area contributed by atoms with Crippen molar-refractivity contribution in [1.29, 1.82) is 0 Å². The van der Waals surface area contributed by atoms with E-state index >= 15 is 0 Å². The third-order valence-electron chi connectivity index (χ3n) is 4.49. The van der Waals surface area contributed by atoms with Crippen molar-refractivity contribution in [1.82, 2.24) is 14.8 Å². The first-order valence-electron chi connectivity index (χ1n) is 8.62. The van der Waals surface area contributed by atoms with Gasteiger partial charge in [0.2, 0.25) is 0 Å². The lowest BCUT2D eigenvalue weighted by molar-refractivity contribution is 0.626. The number of aliphatic imine (C=N–C) groups is 1. The summed E-state index contributed by atoms with van der Waals surface area (Å²) in [6, 6.07) is 14.4. The summed E-state index contributed by atoms with van der Waals surface area (Å²) in [5, 5.41) is 8.71. The molecule has 0 N–H and O–H groups in total. The standard InChI is InChI=1S/C20H19FN4/c21-18-7-4-3-6-16(18)14-22-17-11-9-15(10-12-17)20-24-23-19-8-2-1-5-13-25(19)20/h3-4,6-7,9-12,14H,1-2,5,8,13H2. The molecule has 0 radical (unpaired) electrons. The largest absolute Gasteiger partial charge is 0.311 e. The highest BCUT2D eigenvalue weighted by molar-refractivity contribution is 5.82. The minimum Gasteiger partial charge on any atom is -0.311 e. The molecule has 1 aromatic heterocycles. The number of nitrogens with zero attached hydrogens (tertiary/aromatic N) is 4. The summed E-state index contributed by atoms with van der Waals surface area (Å²) in [6.07, 6.45) is 6.14. The van der Waals surface area contributed by atoms with Gasteiger partial charge in [0.25, 0.3) is 0 Å². The van der Waals surface area contributed by atoms with E-state index in [2.05, 4.69) is 19.8 Å². The molecule has 0 unspecified atom stereocenters. The number of hydrogen-bond acceptors (Lipinski definition) is 3. The van der Waals surface area contributed by atoms with Crippen LogP contribution in [-0.2, 0) is 13.0 Å². The van der Waals surface area contributed by atoms with Crippen LogP contribution >= 0.6 is 0 Å². The van der Waals surface area contributed by atoms with Gasteiger partial charge in [-0.2, -0.15) is 0 Å². The highest BCUT2D eigenvalue weighted by atomic mass is 19.1. The van der Waals surface area contributed by atoms with Gasteiger partial charge in [-0.1, -0.05) is 24.6 Å². The van der Waals surface area contributed by atoms with Crippen molar-refractivity contribution in [3.05, 3.63) is 65.7 Å². The topological polar surface area (TPSA) is 43.1 Å². The van der Waals surface area contributed by atoms with Gasteiger partial charge in [0, 0.05) is 30.3 Å². The molecule has 0 atom stereocenters. The number of fused-ring (bicyclic) bond motifs is 1. The smallest absolute Gasteiger partial charge is 0.163 e. The summed E-state index contributed by atoms with van der Waals surface area (Å²) in [7, 11) is 0. The molecule has 25 heavy (non-hydrogen) atoms. The molecule has 2 heterocycles. The SMILES string of the molecule is Fc1ccccc1C=Nc1ccc(-c2nnc3n2CCCCC3)cc1. The first kappa shape index (κ1) is 15.7.